The Labute approximate surface area is 175 Å². The molecule has 2 amide bonds. The molecule has 1 aliphatic heterocycles. The first-order chi connectivity index (χ1) is 14.5. The predicted molar refractivity (Wildman–Crippen MR) is 118 cm³/mol. The Balaban J connectivity index is 1.68. The number of anilines is 1. The van der Waals surface area contributed by atoms with E-state index in [9.17, 15) is 9.59 Å². The van der Waals surface area contributed by atoms with Crippen molar-refractivity contribution in [3.8, 4) is 11.3 Å². The summed E-state index contributed by atoms with van der Waals surface area (Å²) in [5.74, 6) is 0.203. The molecular weight excluding hydrogens is 376 g/mol. The molecule has 6 heteroatoms. The van der Waals surface area contributed by atoms with Gasteiger partial charge in [0.15, 0.2) is 0 Å². The average Bonchev–Trinajstić information content (AvgIpc) is 2.75. The Kier molecular flexibility index (Phi) is 5.57. The summed E-state index contributed by atoms with van der Waals surface area (Å²) in [6.45, 7) is 4.30. The second kappa shape index (κ2) is 8.45. The zero-order chi connectivity index (χ0) is 21.1. The molecule has 2 heterocycles. The van der Waals surface area contributed by atoms with Crippen LogP contribution >= 0.6 is 0 Å². The van der Waals surface area contributed by atoms with Gasteiger partial charge in [-0.2, -0.15) is 0 Å². The van der Waals surface area contributed by atoms with E-state index in [0.717, 1.165) is 47.2 Å². The highest BCUT2D eigenvalue weighted by atomic mass is 16.2. The van der Waals surface area contributed by atoms with E-state index >= 15 is 0 Å². The van der Waals surface area contributed by atoms with E-state index in [1.54, 1.807) is 11.1 Å². The summed E-state index contributed by atoms with van der Waals surface area (Å²) in [5, 5.41) is 2.85. The number of likely N-dealkylation sites (tertiary alicyclic amines) is 1. The summed E-state index contributed by atoms with van der Waals surface area (Å²) < 4.78 is 0. The smallest absolute Gasteiger partial charge is 0.247 e. The van der Waals surface area contributed by atoms with Crippen molar-refractivity contribution in [3.63, 3.8) is 0 Å². The zero-order valence-electron chi connectivity index (χ0n) is 17.0. The van der Waals surface area contributed by atoms with Crippen LogP contribution in [0.15, 0.2) is 61.3 Å². The Morgan fingerprint density at radius 2 is 2.07 bits per heavy atom. The molecule has 1 aliphatic rings. The first-order valence-corrected chi connectivity index (χ1v) is 10.1. The first kappa shape index (κ1) is 19.8. The van der Waals surface area contributed by atoms with Crippen LogP contribution in [-0.4, -0.2) is 40.3 Å². The van der Waals surface area contributed by atoms with Crippen molar-refractivity contribution in [1.82, 2.24) is 14.9 Å². The highest BCUT2D eigenvalue weighted by Gasteiger charge is 2.23. The van der Waals surface area contributed by atoms with Gasteiger partial charge in [0.05, 0.1) is 22.9 Å². The Bertz CT molecular complexity index is 1130. The number of hydrogen-bond acceptors (Lipinski definition) is 4. The number of carbonyl (C=O) groups excluding carboxylic acids is 2. The molecule has 1 N–H and O–H groups in total. The molecule has 0 spiro atoms. The second-order valence-electron chi connectivity index (χ2n) is 7.73. The van der Waals surface area contributed by atoms with Gasteiger partial charge in [0.2, 0.25) is 11.8 Å². The van der Waals surface area contributed by atoms with E-state index < -0.39 is 0 Å². The van der Waals surface area contributed by atoms with Gasteiger partial charge in [-0.05, 0) is 60.7 Å². The van der Waals surface area contributed by atoms with E-state index in [-0.39, 0.29) is 17.7 Å². The summed E-state index contributed by atoms with van der Waals surface area (Å²) in [4.78, 5) is 35.0. The third-order valence-corrected chi connectivity index (χ3v) is 5.48. The zero-order valence-corrected chi connectivity index (χ0v) is 17.0. The van der Waals surface area contributed by atoms with Gasteiger partial charge in [-0.15, -0.1) is 0 Å². The number of rotatable bonds is 5. The molecule has 1 unspecified atom stereocenters. The van der Waals surface area contributed by atoms with Crippen molar-refractivity contribution in [2.75, 3.05) is 18.9 Å². The van der Waals surface area contributed by atoms with E-state index in [4.69, 9.17) is 4.98 Å². The molecule has 30 heavy (non-hydrogen) atoms. The molecule has 0 saturated carbocycles. The molecule has 152 valence electrons. The highest BCUT2D eigenvalue weighted by molar-refractivity contribution is 5.99. The molecule has 0 bridgehead atoms. The maximum atomic E-state index is 12.1. The molecular formula is C24H24N4O2. The summed E-state index contributed by atoms with van der Waals surface area (Å²) in [6.07, 6.45) is 5.28. The van der Waals surface area contributed by atoms with Crippen LogP contribution in [-0.2, 0) is 16.0 Å². The fourth-order valence-corrected chi connectivity index (χ4v) is 3.83. The number of piperidine rings is 1. The maximum absolute atomic E-state index is 12.1. The number of amides is 2. The van der Waals surface area contributed by atoms with Gasteiger partial charge >= 0.3 is 0 Å². The van der Waals surface area contributed by atoms with Crippen LogP contribution in [0.3, 0.4) is 0 Å². The van der Waals surface area contributed by atoms with Crippen molar-refractivity contribution in [1.29, 1.82) is 0 Å². The number of aromatic nitrogens is 2. The van der Waals surface area contributed by atoms with E-state index in [0.29, 0.717) is 12.1 Å². The van der Waals surface area contributed by atoms with Crippen molar-refractivity contribution in [2.24, 2.45) is 5.92 Å². The molecule has 2 aromatic carbocycles. The molecule has 1 fully saturated rings. The minimum Gasteiger partial charge on any atom is -0.346 e. The number of nitrogens with zero attached hydrogens (tertiary/aromatic N) is 3. The van der Waals surface area contributed by atoms with Gasteiger partial charge in [-0.1, -0.05) is 18.7 Å². The van der Waals surface area contributed by atoms with Crippen LogP contribution in [0.5, 0.6) is 0 Å². The number of carbonyl (C=O) groups is 2. The van der Waals surface area contributed by atoms with Gasteiger partial charge in [0, 0.05) is 31.3 Å². The van der Waals surface area contributed by atoms with Gasteiger partial charge in [0.1, 0.15) is 0 Å². The monoisotopic (exact) mass is 400 g/mol. The van der Waals surface area contributed by atoms with Crippen LogP contribution in [0.1, 0.15) is 18.4 Å². The quantitative estimate of drug-likeness (QED) is 0.661. The number of benzene rings is 2. The summed E-state index contributed by atoms with van der Waals surface area (Å²) >= 11 is 0. The number of nitrogens with one attached hydrogen (secondary N) is 1. The number of fused-ring (bicyclic) bond motifs is 1. The van der Waals surface area contributed by atoms with Crippen LogP contribution in [0, 0.1) is 5.92 Å². The summed E-state index contributed by atoms with van der Waals surface area (Å²) in [7, 11) is 1.85. The van der Waals surface area contributed by atoms with Crippen molar-refractivity contribution >= 4 is 28.5 Å². The lowest BCUT2D eigenvalue weighted by molar-refractivity contribution is -0.133. The normalized spacial score (nSPS) is 16.5. The summed E-state index contributed by atoms with van der Waals surface area (Å²) in [6, 6.07) is 13.7. The third kappa shape index (κ3) is 4.38. The van der Waals surface area contributed by atoms with E-state index in [1.807, 2.05) is 43.4 Å². The fraction of sp³-hybridized carbons (Fsp3) is 0.250. The molecule has 3 aromatic rings. The van der Waals surface area contributed by atoms with Gasteiger partial charge in [-0.3, -0.25) is 14.6 Å². The van der Waals surface area contributed by atoms with Crippen molar-refractivity contribution in [3.05, 3.63) is 66.9 Å². The molecule has 1 atom stereocenters. The predicted octanol–water partition coefficient (Wildman–Crippen LogP) is 3.83. The summed E-state index contributed by atoms with van der Waals surface area (Å²) in [5.41, 5.74) is 5.01. The minimum atomic E-state index is -0.267. The Morgan fingerprint density at radius 1 is 1.27 bits per heavy atom. The van der Waals surface area contributed by atoms with Crippen LogP contribution < -0.4 is 5.32 Å². The van der Waals surface area contributed by atoms with Crippen LogP contribution in [0.2, 0.25) is 0 Å². The largest absolute Gasteiger partial charge is 0.346 e. The van der Waals surface area contributed by atoms with Crippen molar-refractivity contribution in [2.45, 2.75) is 19.3 Å². The maximum Gasteiger partial charge on any atom is 0.247 e. The first-order valence-electron chi connectivity index (χ1n) is 10.1. The lowest BCUT2D eigenvalue weighted by atomic mass is 9.89. The van der Waals surface area contributed by atoms with Gasteiger partial charge < -0.3 is 10.2 Å². The number of hydrogen-bond donors (Lipinski definition) is 1. The molecule has 0 radical (unpaired) electrons. The van der Waals surface area contributed by atoms with E-state index in [2.05, 4.69) is 22.9 Å². The lowest BCUT2D eigenvalue weighted by Gasteiger charge is -2.29. The third-order valence-electron chi connectivity index (χ3n) is 5.48. The van der Waals surface area contributed by atoms with Crippen LogP contribution in [0.25, 0.3) is 22.3 Å². The van der Waals surface area contributed by atoms with Gasteiger partial charge in [0.25, 0.3) is 0 Å². The topological polar surface area (TPSA) is 75.2 Å². The van der Waals surface area contributed by atoms with E-state index in [1.165, 1.54) is 6.08 Å². The molecule has 4 rings (SSSR count). The average molecular weight is 400 g/mol. The fourth-order valence-electron chi connectivity index (χ4n) is 3.83. The molecule has 6 nitrogen and oxygen atoms in total. The minimum absolute atomic E-state index is 0.183. The van der Waals surface area contributed by atoms with Crippen molar-refractivity contribution < 1.29 is 9.59 Å². The number of para-hydroxylation sites is 2. The second-order valence-corrected chi connectivity index (χ2v) is 7.73. The molecule has 1 aromatic heterocycles. The van der Waals surface area contributed by atoms with Crippen LogP contribution in [0.4, 0.5) is 5.69 Å². The molecule has 1 saturated heterocycles. The Hall–Kier alpha value is -3.54. The van der Waals surface area contributed by atoms with Gasteiger partial charge in [-0.25, -0.2) is 4.98 Å². The Morgan fingerprint density at radius 3 is 2.83 bits per heavy atom. The lowest BCUT2D eigenvalue weighted by Crippen LogP contribution is -2.36. The molecule has 0 aliphatic carbocycles. The highest BCUT2D eigenvalue weighted by Crippen LogP contribution is 2.28. The SMILES string of the molecule is C=CC(=O)Nc1cc(CC2CCN(C)C(=O)C2)cc(-c2cnc3ccccc3n2)c1. The standard InChI is InChI=1S/C24H24N4O2/c1-3-23(29)26-19-12-17(10-16-8-9-28(2)24(30)13-16)11-18(14-19)22-15-25-20-6-4-5-7-21(20)27-22/h3-7,11-12,14-16H,1,8-10,13H2,2H3,(H,26,29).